The van der Waals surface area contributed by atoms with Gasteiger partial charge in [0.1, 0.15) is 0 Å². The lowest BCUT2D eigenvalue weighted by atomic mass is 9.97. The summed E-state index contributed by atoms with van der Waals surface area (Å²) in [7, 11) is 0. The van der Waals surface area contributed by atoms with Crippen molar-refractivity contribution in [2.75, 3.05) is 0 Å². The van der Waals surface area contributed by atoms with E-state index in [1.807, 2.05) is 30.3 Å². The van der Waals surface area contributed by atoms with Crippen molar-refractivity contribution in [2.45, 2.75) is 12.8 Å². The highest BCUT2D eigenvalue weighted by atomic mass is 32.1. The summed E-state index contributed by atoms with van der Waals surface area (Å²) in [4.78, 5) is 21.6. The second-order valence-electron chi connectivity index (χ2n) is 3.32. The summed E-state index contributed by atoms with van der Waals surface area (Å²) in [5.74, 6) is -1.64. The summed E-state index contributed by atoms with van der Waals surface area (Å²) in [5.41, 5.74) is 0.916. The molecule has 1 aromatic rings. The molecule has 0 aromatic heterocycles. The van der Waals surface area contributed by atoms with Crippen molar-refractivity contribution in [1.82, 2.24) is 0 Å². The Hall–Kier alpha value is -1.29. The summed E-state index contributed by atoms with van der Waals surface area (Å²) in [6.45, 7) is 0. The molecule has 15 heavy (non-hydrogen) atoms. The molecule has 80 valence electrons. The van der Waals surface area contributed by atoms with Gasteiger partial charge in [-0.3, -0.25) is 9.59 Å². The molecule has 1 unspecified atom stereocenters. The zero-order valence-electron chi connectivity index (χ0n) is 8.09. The number of carboxylic acid groups (broad SMARTS) is 1. The largest absolute Gasteiger partial charge is 0.481 e. The second kappa shape index (κ2) is 5.56. The highest BCUT2D eigenvalue weighted by molar-refractivity contribution is 7.96. The Labute approximate surface area is 93.5 Å². The number of hydrogen-bond acceptors (Lipinski definition) is 2. The molecule has 1 atom stereocenters. The SMILES string of the molecule is O=C(S)CC(Cc1ccccc1)C(=O)O. The van der Waals surface area contributed by atoms with Crippen molar-refractivity contribution in [3.63, 3.8) is 0 Å². The van der Waals surface area contributed by atoms with E-state index in [2.05, 4.69) is 12.6 Å². The number of thiol groups is 1. The Kier molecular flexibility index (Phi) is 4.37. The first-order valence-corrected chi connectivity index (χ1v) is 5.03. The Balaban J connectivity index is 2.67. The second-order valence-corrected chi connectivity index (χ2v) is 3.82. The molecule has 0 radical (unpaired) electrons. The van der Waals surface area contributed by atoms with Crippen LogP contribution in [0.15, 0.2) is 30.3 Å². The van der Waals surface area contributed by atoms with Gasteiger partial charge in [0.25, 0.3) is 0 Å². The lowest BCUT2D eigenvalue weighted by molar-refractivity contribution is -0.142. The van der Waals surface area contributed by atoms with Crippen molar-refractivity contribution in [1.29, 1.82) is 0 Å². The van der Waals surface area contributed by atoms with Gasteiger partial charge < -0.3 is 5.11 Å². The number of benzene rings is 1. The lowest BCUT2D eigenvalue weighted by Crippen LogP contribution is -2.18. The van der Waals surface area contributed by atoms with Crippen LogP contribution < -0.4 is 0 Å². The highest BCUT2D eigenvalue weighted by Crippen LogP contribution is 2.13. The van der Waals surface area contributed by atoms with E-state index in [4.69, 9.17) is 5.11 Å². The molecule has 1 N–H and O–H groups in total. The Bertz CT molecular complexity index is 348. The number of carbonyl (C=O) groups excluding carboxylic acids is 1. The van der Waals surface area contributed by atoms with Crippen LogP contribution in [0.1, 0.15) is 12.0 Å². The molecule has 0 heterocycles. The molecular weight excluding hydrogens is 212 g/mol. The minimum Gasteiger partial charge on any atom is -0.481 e. The van der Waals surface area contributed by atoms with Crippen LogP contribution in [0.3, 0.4) is 0 Å². The van der Waals surface area contributed by atoms with Crippen molar-refractivity contribution >= 4 is 23.7 Å². The van der Waals surface area contributed by atoms with Gasteiger partial charge in [-0.15, -0.1) is 12.6 Å². The summed E-state index contributed by atoms with van der Waals surface area (Å²) >= 11 is 3.60. The normalized spacial score (nSPS) is 12.1. The van der Waals surface area contributed by atoms with Gasteiger partial charge in [-0.05, 0) is 12.0 Å². The van der Waals surface area contributed by atoms with Gasteiger partial charge in [0.2, 0.25) is 0 Å². The van der Waals surface area contributed by atoms with Gasteiger partial charge in [-0.25, -0.2) is 0 Å². The van der Waals surface area contributed by atoms with Crippen LogP contribution in [0.2, 0.25) is 0 Å². The van der Waals surface area contributed by atoms with E-state index < -0.39 is 17.0 Å². The van der Waals surface area contributed by atoms with Crippen LogP contribution >= 0.6 is 12.6 Å². The van der Waals surface area contributed by atoms with Crippen molar-refractivity contribution in [3.05, 3.63) is 35.9 Å². The average Bonchev–Trinajstić information content (AvgIpc) is 2.17. The van der Waals surface area contributed by atoms with Crippen molar-refractivity contribution in [3.8, 4) is 0 Å². The molecule has 3 nitrogen and oxygen atoms in total. The fourth-order valence-electron chi connectivity index (χ4n) is 1.36. The molecular formula is C11H12O3S. The van der Waals surface area contributed by atoms with Gasteiger partial charge in [0.15, 0.2) is 5.12 Å². The predicted octanol–water partition coefficient (Wildman–Crippen LogP) is 1.78. The predicted molar refractivity (Wildman–Crippen MR) is 59.9 cm³/mol. The molecule has 0 bridgehead atoms. The van der Waals surface area contributed by atoms with Crippen molar-refractivity contribution in [2.24, 2.45) is 5.92 Å². The lowest BCUT2D eigenvalue weighted by Gasteiger charge is -2.09. The fraction of sp³-hybridized carbons (Fsp3) is 0.273. The standard InChI is InChI=1S/C11H12O3S/c12-10(15)7-9(11(13)14)6-8-4-2-1-3-5-8/h1-5,9H,6-7H2,(H,12,15)(H,13,14). The first-order valence-electron chi connectivity index (χ1n) is 4.58. The summed E-state index contributed by atoms with van der Waals surface area (Å²) < 4.78 is 0. The summed E-state index contributed by atoms with van der Waals surface area (Å²) in [6.07, 6.45) is 0.329. The van der Waals surface area contributed by atoms with Crippen LogP contribution in [0, 0.1) is 5.92 Å². The molecule has 0 saturated heterocycles. The third-order valence-corrected chi connectivity index (χ3v) is 2.28. The number of carbonyl (C=O) groups is 2. The van der Waals surface area contributed by atoms with E-state index in [9.17, 15) is 9.59 Å². The molecule has 0 amide bonds. The Morgan fingerprint density at radius 3 is 2.33 bits per heavy atom. The van der Waals surface area contributed by atoms with Gasteiger partial charge in [0.05, 0.1) is 5.92 Å². The minimum absolute atomic E-state index is 0.0344. The van der Waals surface area contributed by atoms with Gasteiger partial charge in [0, 0.05) is 6.42 Å². The molecule has 0 aliphatic carbocycles. The summed E-state index contributed by atoms with van der Waals surface area (Å²) in [5, 5.41) is 8.51. The van der Waals surface area contributed by atoms with E-state index in [1.165, 1.54) is 0 Å². The van der Waals surface area contributed by atoms with Crippen molar-refractivity contribution < 1.29 is 14.7 Å². The molecule has 0 saturated carbocycles. The molecule has 0 aliphatic rings. The van der Waals surface area contributed by atoms with E-state index in [0.29, 0.717) is 6.42 Å². The Morgan fingerprint density at radius 1 is 1.27 bits per heavy atom. The monoisotopic (exact) mass is 224 g/mol. The topological polar surface area (TPSA) is 54.4 Å². The smallest absolute Gasteiger partial charge is 0.307 e. The maximum Gasteiger partial charge on any atom is 0.307 e. The number of hydrogen-bond donors (Lipinski definition) is 2. The molecule has 4 heteroatoms. The number of rotatable bonds is 5. The minimum atomic E-state index is -0.957. The van der Waals surface area contributed by atoms with E-state index in [-0.39, 0.29) is 6.42 Å². The van der Waals surface area contributed by atoms with E-state index in [1.54, 1.807) is 0 Å². The maximum absolute atomic E-state index is 10.9. The van der Waals surface area contributed by atoms with Gasteiger partial charge in [-0.2, -0.15) is 0 Å². The summed E-state index contributed by atoms with van der Waals surface area (Å²) in [6, 6.07) is 9.24. The average molecular weight is 224 g/mol. The van der Waals surface area contributed by atoms with Gasteiger partial charge in [-0.1, -0.05) is 30.3 Å². The molecule has 1 rings (SSSR count). The third kappa shape index (κ3) is 4.16. The third-order valence-electron chi connectivity index (χ3n) is 2.10. The van der Waals surface area contributed by atoms with Crippen LogP contribution in [-0.4, -0.2) is 16.2 Å². The van der Waals surface area contributed by atoms with Crippen LogP contribution in [0.4, 0.5) is 0 Å². The molecule has 1 aromatic carbocycles. The molecule has 0 fully saturated rings. The number of aliphatic carboxylic acids is 1. The zero-order valence-corrected chi connectivity index (χ0v) is 8.98. The van der Waals surface area contributed by atoms with Crippen LogP contribution in [-0.2, 0) is 16.0 Å². The van der Waals surface area contributed by atoms with Gasteiger partial charge >= 0.3 is 5.97 Å². The zero-order chi connectivity index (χ0) is 11.3. The highest BCUT2D eigenvalue weighted by Gasteiger charge is 2.19. The molecule has 0 spiro atoms. The fourth-order valence-corrected chi connectivity index (χ4v) is 1.58. The van der Waals surface area contributed by atoms with Crippen LogP contribution in [0.5, 0.6) is 0 Å². The first-order chi connectivity index (χ1) is 7.09. The molecule has 0 aliphatic heterocycles. The van der Waals surface area contributed by atoms with E-state index >= 15 is 0 Å². The van der Waals surface area contributed by atoms with Crippen LogP contribution in [0.25, 0.3) is 0 Å². The first kappa shape index (κ1) is 11.8. The number of carboxylic acids is 1. The quantitative estimate of drug-likeness (QED) is 0.749. The maximum atomic E-state index is 10.9. The Morgan fingerprint density at radius 2 is 1.87 bits per heavy atom. The van der Waals surface area contributed by atoms with E-state index in [0.717, 1.165) is 5.56 Å².